The van der Waals surface area contributed by atoms with Crippen LogP contribution in [0.4, 0.5) is 0 Å². The molecular weight excluding hydrogens is 268 g/mol. The van der Waals surface area contributed by atoms with E-state index in [1.807, 2.05) is 4.68 Å². The Morgan fingerprint density at radius 1 is 1.33 bits per heavy atom. The van der Waals surface area contributed by atoms with Crippen LogP contribution in [0.15, 0.2) is 0 Å². The minimum Gasteiger partial charge on any atom is -0.481 e. The molecule has 0 aliphatic heterocycles. The highest BCUT2D eigenvalue weighted by Crippen LogP contribution is 2.44. The van der Waals surface area contributed by atoms with Gasteiger partial charge in [0.15, 0.2) is 5.82 Å². The number of tetrazole rings is 1. The van der Waals surface area contributed by atoms with Gasteiger partial charge >= 0.3 is 5.97 Å². The highest BCUT2D eigenvalue weighted by Gasteiger charge is 2.40. The number of carboxylic acid groups (broad SMARTS) is 1. The van der Waals surface area contributed by atoms with Crippen molar-refractivity contribution in [3.05, 3.63) is 5.82 Å². The van der Waals surface area contributed by atoms with Crippen LogP contribution in [-0.2, 0) is 16.8 Å². The molecule has 0 bridgehead atoms. The molecule has 1 unspecified atom stereocenters. The second kappa shape index (κ2) is 6.54. The molecule has 118 valence electrons. The number of aromatic nitrogens is 4. The lowest BCUT2D eigenvalue weighted by molar-refractivity contribution is -0.141. The lowest BCUT2D eigenvalue weighted by Crippen LogP contribution is -2.29. The summed E-state index contributed by atoms with van der Waals surface area (Å²) in [6.45, 7) is 6.78. The van der Waals surface area contributed by atoms with Crippen molar-refractivity contribution >= 4 is 5.97 Å². The molecular formula is C15H26N4O2. The first-order valence-corrected chi connectivity index (χ1v) is 7.94. The van der Waals surface area contributed by atoms with E-state index in [1.54, 1.807) is 6.92 Å². The maximum atomic E-state index is 10.9. The van der Waals surface area contributed by atoms with E-state index >= 15 is 0 Å². The Hall–Kier alpha value is -1.46. The Kier molecular flexibility index (Phi) is 4.96. The van der Waals surface area contributed by atoms with Crippen LogP contribution < -0.4 is 0 Å². The molecule has 0 spiro atoms. The summed E-state index contributed by atoms with van der Waals surface area (Å²) in [6, 6.07) is 0. The average molecular weight is 294 g/mol. The van der Waals surface area contributed by atoms with Crippen LogP contribution in [0, 0.1) is 11.8 Å². The molecule has 1 aliphatic carbocycles. The number of hydrogen-bond donors (Lipinski definition) is 1. The van der Waals surface area contributed by atoms with Crippen molar-refractivity contribution in [1.29, 1.82) is 0 Å². The second-order valence-corrected chi connectivity index (χ2v) is 6.84. The highest BCUT2D eigenvalue weighted by atomic mass is 16.4. The summed E-state index contributed by atoms with van der Waals surface area (Å²) < 4.78 is 1.84. The van der Waals surface area contributed by atoms with E-state index < -0.39 is 5.97 Å². The molecule has 1 atom stereocenters. The van der Waals surface area contributed by atoms with E-state index in [4.69, 9.17) is 5.11 Å². The fourth-order valence-electron chi connectivity index (χ4n) is 3.53. The summed E-state index contributed by atoms with van der Waals surface area (Å²) in [6.07, 6.45) is 6.39. The molecule has 1 aromatic rings. The van der Waals surface area contributed by atoms with Gasteiger partial charge in [0.2, 0.25) is 0 Å². The normalized spacial score (nSPS) is 19.0. The van der Waals surface area contributed by atoms with Gasteiger partial charge in [0.05, 0.1) is 5.92 Å². The number of carboxylic acids is 1. The van der Waals surface area contributed by atoms with Gasteiger partial charge in [-0.15, -0.1) is 5.10 Å². The molecule has 1 fully saturated rings. The smallest absolute Gasteiger partial charge is 0.306 e. The number of hydrogen-bond acceptors (Lipinski definition) is 4. The molecule has 0 radical (unpaired) electrons. The first-order chi connectivity index (χ1) is 9.94. The summed E-state index contributed by atoms with van der Waals surface area (Å²) in [5, 5.41) is 21.3. The molecule has 1 N–H and O–H groups in total. The van der Waals surface area contributed by atoms with Crippen LogP contribution in [0.2, 0.25) is 0 Å². The fourth-order valence-corrected chi connectivity index (χ4v) is 3.53. The van der Waals surface area contributed by atoms with Crippen molar-refractivity contribution in [3.8, 4) is 0 Å². The summed E-state index contributed by atoms with van der Waals surface area (Å²) in [4.78, 5) is 10.9. The van der Waals surface area contributed by atoms with Gasteiger partial charge in [0.1, 0.15) is 0 Å². The Balaban J connectivity index is 2.15. The third-order valence-electron chi connectivity index (χ3n) is 4.56. The van der Waals surface area contributed by atoms with Crippen LogP contribution in [0.1, 0.15) is 65.1 Å². The van der Waals surface area contributed by atoms with Crippen molar-refractivity contribution in [2.45, 2.75) is 71.3 Å². The molecule has 0 aromatic carbocycles. The Bertz CT molecular complexity index is 478. The van der Waals surface area contributed by atoms with Gasteiger partial charge in [0.25, 0.3) is 0 Å². The summed E-state index contributed by atoms with van der Waals surface area (Å²) >= 11 is 0. The number of carbonyl (C=O) groups is 1. The van der Waals surface area contributed by atoms with Gasteiger partial charge in [0, 0.05) is 12.0 Å². The van der Waals surface area contributed by atoms with E-state index in [0.29, 0.717) is 18.9 Å². The molecule has 0 amide bonds. The molecule has 0 saturated heterocycles. The van der Waals surface area contributed by atoms with E-state index in [1.165, 1.54) is 12.8 Å². The molecule has 6 heteroatoms. The summed E-state index contributed by atoms with van der Waals surface area (Å²) in [5.74, 6) is 0.437. The standard InChI is InChI=1S/C15H26N4O2/c1-11(2)10-15(7-4-5-8-15)14-16-17-18-19(14)9-6-12(3)13(20)21/h11-12H,4-10H2,1-3H3,(H,20,21). The van der Waals surface area contributed by atoms with Crippen molar-refractivity contribution in [2.24, 2.45) is 11.8 Å². The molecule has 1 heterocycles. The molecule has 1 saturated carbocycles. The minimum absolute atomic E-state index is 0.0874. The largest absolute Gasteiger partial charge is 0.481 e. The van der Waals surface area contributed by atoms with Crippen molar-refractivity contribution < 1.29 is 9.90 Å². The van der Waals surface area contributed by atoms with Crippen LogP contribution in [0.25, 0.3) is 0 Å². The number of nitrogens with zero attached hydrogens (tertiary/aromatic N) is 4. The van der Waals surface area contributed by atoms with Gasteiger partial charge in [-0.3, -0.25) is 4.79 Å². The Morgan fingerprint density at radius 2 is 2.00 bits per heavy atom. The van der Waals surface area contributed by atoms with Crippen molar-refractivity contribution in [2.75, 3.05) is 0 Å². The van der Waals surface area contributed by atoms with Gasteiger partial charge in [-0.1, -0.05) is 33.6 Å². The van der Waals surface area contributed by atoms with Gasteiger partial charge in [-0.2, -0.15) is 0 Å². The molecule has 21 heavy (non-hydrogen) atoms. The SMILES string of the molecule is CC(C)CC1(c2nnnn2CCC(C)C(=O)O)CCCC1. The Morgan fingerprint density at radius 3 is 2.57 bits per heavy atom. The van der Waals surface area contributed by atoms with E-state index in [2.05, 4.69) is 29.4 Å². The number of rotatable bonds is 7. The number of aryl methyl sites for hydroxylation is 1. The molecule has 1 aromatic heterocycles. The number of aliphatic carboxylic acids is 1. The lowest BCUT2D eigenvalue weighted by atomic mass is 9.77. The van der Waals surface area contributed by atoms with E-state index in [0.717, 1.165) is 25.1 Å². The van der Waals surface area contributed by atoms with E-state index in [9.17, 15) is 4.79 Å². The van der Waals surface area contributed by atoms with Gasteiger partial charge in [-0.05, 0) is 42.0 Å². The molecule has 2 rings (SSSR count). The zero-order chi connectivity index (χ0) is 15.5. The average Bonchev–Trinajstić information content (AvgIpc) is 3.04. The van der Waals surface area contributed by atoms with Crippen molar-refractivity contribution in [3.63, 3.8) is 0 Å². The summed E-state index contributed by atoms with van der Waals surface area (Å²) in [5.41, 5.74) is 0.0874. The quantitative estimate of drug-likeness (QED) is 0.836. The summed E-state index contributed by atoms with van der Waals surface area (Å²) in [7, 11) is 0. The van der Waals surface area contributed by atoms with Crippen LogP contribution in [-0.4, -0.2) is 31.3 Å². The van der Waals surface area contributed by atoms with E-state index in [-0.39, 0.29) is 11.3 Å². The van der Waals surface area contributed by atoms with Crippen LogP contribution in [0.3, 0.4) is 0 Å². The minimum atomic E-state index is -0.762. The Labute approximate surface area is 125 Å². The van der Waals surface area contributed by atoms with Crippen molar-refractivity contribution in [1.82, 2.24) is 20.2 Å². The van der Waals surface area contributed by atoms with Gasteiger partial charge in [-0.25, -0.2) is 4.68 Å². The predicted molar refractivity (Wildman–Crippen MR) is 78.8 cm³/mol. The lowest BCUT2D eigenvalue weighted by Gasteiger charge is -2.29. The molecule has 6 nitrogen and oxygen atoms in total. The van der Waals surface area contributed by atoms with Gasteiger partial charge < -0.3 is 5.11 Å². The first-order valence-electron chi connectivity index (χ1n) is 7.94. The highest BCUT2D eigenvalue weighted by molar-refractivity contribution is 5.69. The zero-order valence-electron chi connectivity index (χ0n) is 13.2. The van der Waals surface area contributed by atoms with Crippen LogP contribution in [0.5, 0.6) is 0 Å². The maximum Gasteiger partial charge on any atom is 0.306 e. The zero-order valence-corrected chi connectivity index (χ0v) is 13.2. The topological polar surface area (TPSA) is 80.9 Å². The second-order valence-electron chi connectivity index (χ2n) is 6.84. The first kappa shape index (κ1) is 15.9. The third kappa shape index (κ3) is 3.60. The molecule has 1 aliphatic rings. The third-order valence-corrected chi connectivity index (χ3v) is 4.56. The monoisotopic (exact) mass is 294 g/mol. The predicted octanol–water partition coefficient (Wildman–Crippen LogP) is 2.64. The maximum absolute atomic E-state index is 10.9. The van der Waals surface area contributed by atoms with Crippen LogP contribution >= 0.6 is 0 Å². The fraction of sp³-hybridized carbons (Fsp3) is 0.867.